The van der Waals surface area contributed by atoms with E-state index in [0.717, 1.165) is 28.7 Å². The minimum absolute atomic E-state index is 0.0667. The number of halogens is 1. The maximum atomic E-state index is 13.9. The second kappa shape index (κ2) is 8.76. The second-order valence-electron chi connectivity index (χ2n) is 7.60. The zero-order valence-electron chi connectivity index (χ0n) is 16.8. The summed E-state index contributed by atoms with van der Waals surface area (Å²) < 4.78 is 13.9. The molecule has 0 aliphatic heterocycles. The molecule has 2 heteroatoms. The van der Waals surface area contributed by atoms with E-state index in [1.807, 2.05) is 36.4 Å². The van der Waals surface area contributed by atoms with Crippen molar-refractivity contribution >= 4 is 0 Å². The van der Waals surface area contributed by atoms with E-state index in [1.54, 1.807) is 6.07 Å². The molecular weight excluding hydrogens is 369 g/mol. The second-order valence-corrected chi connectivity index (χ2v) is 7.60. The van der Waals surface area contributed by atoms with Gasteiger partial charge < -0.3 is 0 Å². The van der Waals surface area contributed by atoms with Gasteiger partial charge in [0.2, 0.25) is 0 Å². The summed E-state index contributed by atoms with van der Waals surface area (Å²) in [5.74, 6) is -0.0106. The summed E-state index contributed by atoms with van der Waals surface area (Å²) >= 11 is 0. The highest BCUT2D eigenvalue weighted by Gasteiger charge is 2.08. The lowest BCUT2D eigenvalue weighted by Gasteiger charge is -2.12. The predicted molar refractivity (Wildman–Crippen MR) is 121 cm³/mol. The maximum absolute atomic E-state index is 13.9. The highest BCUT2D eigenvalue weighted by Crippen LogP contribution is 2.27. The molecule has 1 atom stereocenters. The molecule has 0 aliphatic rings. The number of nitrogens with zero attached hydrogens (tertiary/aromatic N) is 1. The van der Waals surface area contributed by atoms with Crippen LogP contribution >= 0.6 is 0 Å². The third kappa shape index (κ3) is 4.31. The molecule has 146 valence electrons. The van der Waals surface area contributed by atoms with Crippen LogP contribution in [0.25, 0.3) is 22.3 Å². The fraction of sp³-hybridized carbons (Fsp3) is 0.107. The molecule has 0 aliphatic carbocycles. The van der Waals surface area contributed by atoms with Gasteiger partial charge >= 0.3 is 0 Å². The van der Waals surface area contributed by atoms with E-state index in [4.69, 9.17) is 5.26 Å². The minimum Gasteiger partial charge on any atom is -0.206 e. The molecule has 30 heavy (non-hydrogen) atoms. The highest BCUT2D eigenvalue weighted by atomic mass is 19.1. The quantitative estimate of drug-likeness (QED) is 0.348. The van der Waals surface area contributed by atoms with Crippen molar-refractivity contribution in [2.24, 2.45) is 0 Å². The van der Waals surface area contributed by atoms with E-state index < -0.39 is 5.82 Å². The SMILES string of the molecule is C[C@H](Cc1ccc(-c2ccc(-c3ccc(C#N)c(F)c3)cc2)cc1)c1ccccc1. The number of hydrogen-bond donors (Lipinski definition) is 0. The van der Waals surface area contributed by atoms with Gasteiger partial charge in [-0.1, -0.05) is 91.9 Å². The number of nitriles is 1. The van der Waals surface area contributed by atoms with Crippen LogP contribution in [-0.2, 0) is 6.42 Å². The van der Waals surface area contributed by atoms with Crippen molar-refractivity contribution in [3.8, 4) is 28.3 Å². The Morgan fingerprint density at radius 2 is 1.27 bits per heavy atom. The van der Waals surface area contributed by atoms with Gasteiger partial charge in [0, 0.05) is 0 Å². The Hall–Kier alpha value is -3.70. The molecule has 4 rings (SSSR count). The fourth-order valence-corrected chi connectivity index (χ4v) is 3.73. The molecule has 0 heterocycles. The first kappa shape index (κ1) is 19.6. The molecule has 0 saturated carbocycles. The van der Waals surface area contributed by atoms with E-state index in [-0.39, 0.29) is 5.56 Å². The molecule has 0 spiro atoms. The van der Waals surface area contributed by atoms with Crippen molar-refractivity contribution < 1.29 is 4.39 Å². The third-order valence-electron chi connectivity index (χ3n) is 5.51. The molecule has 1 nitrogen and oxygen atoms in total. The molecule has 0 radical (unpaired) electrons. The van der Waals surface area contributed by atoms with Crippen LogP contribution in [0.5, 0.6) is 0 Å². The zero-order chi connectivity index (χ0) is 20.9. The van der Waals surface area contributed by atoms with Gasteiger partial charge in [0.25, 0.3) is 0 Å². The molecule has 4 aromatic rings. The smallest absolute Gasteiger partial charge is 0.141 e. The Labute approximate surface area is 177 Å². The first-order valence-corrected chi connectivity index (χ1v) is 10.1. The van der Waals surface area contributed by atoms with Gasteiger partial charge in [-0.15, -0.1) is 0 Å². The largest absolute Gasteiger partial charge is 0.206 e. The van der Waals surface area contributed by atoms with Crippen molar-refractivity contribution in [1.29, 1.82) is 5.26 Å². The van der Waals surface area contributed by atoms with Crippen LogP contribution in [0.15, 0.2) is 97.1 Å². The summed E-state index contributed by atoms with van der Waals surface area (Å²) in [7, 11) is 0. The Balaban J connectivity index is 1.48. The molecule has 0 unspecified atom stereocenters. The fourth-order valence-electron chi connectivity index (χ4n) is 3.73. The number of benzene rings is 4. The Bertz CT molecular complexity index is 1170. The van der Waals surface area contributed by atoms with Gasteiger partial charge in [0.15, 0.2) is 0 Å². The Morgan fingerprint density at radius 1 is 0.733 bits per heavy atom. The van der Waals surface area contributed by atoms with Crippen molar-refractivity contribution in [1.82, 2.24) is 0 Å². The van der Waals surface area contributed by atoms with E-state index >= 15 is 0 Å². The molecule has 0 fully saturated rings. The monoisotopic (exact) mass is 391 g/mol. The molecule has 0 amide bonds. The van der Waals surface area contributed by atoms with E-state index in [0.29, 0.717) is 5.92 Å². The van der Waals surface area contributed by atoms with E-state index in [2.05, 4.69) is 55.5 Å². The lowest BCUT2D eigenvalue weighted by Crippen LogP contribution is -1.98. The van der Waals surface area contributed by atoms with Crippen LogP contribution < -0.4 is 0 Å². The van der Waals surface area contributed by atoms with Crippen LogP contribution in [0.4, 0.5) is 4.39 Å². The van der Waals surface area contributed by atoms with Crippen LogP contribution in [0.2, 0.25) is 0 Å². The minimum atomic E-state index is -0.487. The summed E-state index contributed by atoms with van der Waals surface area (Å²) in [5, 5.41) is 8.88. The van der Waals surface area contributed by atoms with Crippen LogP contribution in [-0.4, -0.2) is 0 Å². The highest BCUT2D eigenvalue weighted by molar-refractivity contribution is 5.71. The maximum Gasteiger partial charge on any atom is 0.141 e. The predicted octanol–water partition coefficient (Wildman–Crippen LogP) is 7.38. The van der Waals surface area contributed by atoms with E-state index in [9.17, 15) is 4.39 Å². The first-order chi connectivity index (χ1) is 14.6. The Morgan fingerprint density at radius 3 is 1.83 bits per heavy atom. The molecule has 4 aromatic carbocycles. The van der Waals surface area contributed by atoms with Crippen molar-refractivity contribution in [3.63, 3.8) is 0 Å². The van der Waals surface area contributed by atoms with E-state index in [1.165, 1.54) is 23.3 Å². The topological polar surface area (TPSA) is 23.8 Å². The van der Waals surface area contributed by atoms with Gasteiger partial charge in [-0.3, -0.25) is 0 Å². The van der Waals surface area contributed by atoms with Crippen molar-refractivity contribution in [2.75, 3.05) is 0 Å². The lowest BCUT2D eigenvalue weighted by molar-refractivity contribution is 0.624. The molecule has 0 bridgehead atoms. The summed E-state index contributed by atoms with van der Waals surface area (Å²) in [5.41, 5.74) is 6.71. The average molecular weight is 391 g/mol. The Kier molecular flexibility index (Phi) is 5.72. The summed E-state index contributed by atoms with van der Waals surface area (Å²) in [6, 6.07) is 33.9. The standard InChI is InChI=1S/C28H22FN/c1-20(22-5-3-2-4-6-22)17-21-7-9-23(10-8-21)24-11-13-25(14-12-24)26-15-16-27(19-30)28(29)18-26/h2-16,18,20H,17H2,1H3/t20-/m1/s1. The van der Waals surface area contributed by atoms with Crippen LogP contribution in [0.3, 0.4) is 0 Å². The zero-order valence-corrected chi connectivity index (χ0v) is 16.8. The van der Waals surface area contributed by atoms with Crippen molar-refractivity contribution in [2.45, 2.75) is 19.3 Å². The molecule has 0 saturated heterocycles. The molecule has 0 N–H and O–H groups in total. The number of rotatable bonds is 5. The van der Waals surface area contributed by atoms with Crippen LogP contribution in [0, 0.1) is 17.1 Å². The van der Waals surface area contributed by atoms with Gasteiger partial charge in [-0.05, 0) is 57.9 Å². The van der Waals surface area contributed by atoms with Gasteiger partial charge in [0.1, 0.15) is 11.9 Å². The molecule has 0 aromatic heterocycles. The normalized spacial score (nSPS) is 11.6. The summed E-state index contributed by atoms with van der Waals surface area (Å²) in [4.78, 5) is 0. The average Bonchev–Trinajstić information content (AvgIpc) is 2.80. The lowest BCUT2D eigenvalue weighted by atomic mass is 9.92. The van der Waals surface area contributed by atoms with Crippen LogP contribution in [0.1, 0.15) is 29.5 Å². The van der Waals surface area contributed by atoms with Crippen molar-refractivity contribution in [3.05, 3.63) is 120 Å². The van der Waals surface area contributed by atoms with Gasteiger partial charge in [-0.2, -0.15) is 5.26 Å². The summed E-state index contributed by atoms with van der Waals surface area (Å²) in [6.07, 6.45) is 1.01. The summed E-state index contributed by atoms with van der Waals surface area (Å²) in [6.45, 7) is 2.26. The third-order valence-corrected chi connectivity index (χ3v) is 5.51. The molecular formula is C28H22FN. The first-order valence-electron chi connectivity index (χ1n) is 10.1. The number of hydrogen-bond acceptors (Lipinski definition) is 1. The van der Waals surface area contributed by atoms with Gasteiger partial charge in [-0.25, -0.2) is 4.39 Å². The van der Waals surface area contributed by atoms with Gasteiger partial charge in [0.05, 0.1) is 5.56 Å².